The average Bonchev–Trinajstić information content (AvgIpc) is 2.86. The molecule has 0 aromatic heterocycles. The molecule has 2 aliphatic rings. The SMILES string of the molecule is CCCCC1=CC=C2[CH]SC(CCCC)=C21. The minimum absolute atomic E-state index is 1.26. The first-order chi connectivity index (χ1) is 7.86. The van der Waals surface area contributed by atoms with Gasteiger partial charge in [0.2, 0.25) is 0 Å². The molecule has 0 saturated heterocycles. The van der Waals surface area contributed by atoms with Gasteiger partial charge in [-0.25, -0.2) is 0 Å². The maximum Gasteiger partial charge on any atom is 0.0511 e. The summed E-state index contributed by atoms with van der Waals surface area (Å²) in [6.45, 7) is 4.54. The summed E-state index contributed by atoms with van der Waals surface area (Å²) in [4.78, 5) is 1.62. The Hall–Kier alpha value is -0.430. The van der Waals surface area contributed by atoms with Crippen LogP contribution >= 0.6 is 11.8 Å². The van der Waals surface area contributed by atoms with Gasteiger partial charge in [0, 0.05) is 0 Å². The number of fused-ring (bicyclic) bond motifs is 1. The van der Waals surface area contributed by atoms with Crippen LogP contribution in [0.25, 0.3) is 0 Å². The van der Waals surface area contributed by atoms with Crippen LogP contribution in [0.4, 0.5) is 0 Å². The number of rotatable bonds is 6. The van der Waals surface area contributed by atoms with Crippen molar-refractivity contribution in [3.63, 3.8) is 0 Å². The van der Waals surface area contributed by atoms with Crippen LogP contribution in [0.2, 0.25) is 0 Å². The average molecular weight is 233 g/mol. The molecular formula is C15H21S. The second-order valence-electron chi connectivity index (χ2n) is 4.55. The van der Waals surface area contributed by atoms with Crippen molar-refractivity contribution < 1.29 is 0 Å². The first-order valence-corrected chi connectivity index (χ1v) is 7.39. The third-order valence-electron chi connectivity index (χ3n) is 3.24. The first-order valence-electron chi connectivity index (χ1n) is 6.51. The van der Waals surface area contributed by atoms with E-state index in [0.29, 0.717) is 0 Å². The summed E-state index contributed by atoms with van der Waals surface area (Å²) in [7, 11) is 0. The molecule has 0 atom stereocenters. The van der Waals surface area contributed by atoms with Crippen LogP contribution < -0.4 is 0 Å². The highest BCUT2D eigenvalue weighted by molar-refractivity contribution is 8.05. The second kappa shape index (κ2) is 5.77. The fraction of sp³-hybridized carbons (Fsp3) is 0.533. The topological polar surface area (TPSA) is 0 Å². The van der Waals surface area contributed by atoms with Crippen LogP contribution in [0.3, 0.4) is 0 Å². The molecule has 0 bridgehead atoms. The van der Waals surface area contributed by atoms with E-state index in [9.17, 15) is 0 Å². The molecule has 0 nitrogen and oxygen atoms in total. The van der Waals surface area contributed by atoms with Crippen molar-refractivity contribution in [3.05, 3.63) is 39.5 Å². The van der Waals surface area contributed by atoms with Crippen LogP contribution in [-0.2, 0) is 0 Å². The Kier molecular flexibility index (Phi) is 4.34. The number of unbranched alkanes of at least 4 members (excludes halogenated alkanes) is 2. The van der Waals surface area contributed by atoms with E-state index >= 15 is 0 Å². The van der Waals surface area contributed by atoms with Crippen LogP contribution in [0.15, 0.2) is 33.8 Å². The molecule has 16 heavy (non-hydrogen) atoms. The normalized spacial score (nSPS) is 18.9. The van der Waals surface area contributed by atoms with Gasteiger partial charge in [0.25, 0.3) is 0 Å². The van der Waals surface area contributed by atoms with Crippen molar-refractivity contribution in [3.8, 4) is 0 Å². The Bertz CT molecular complexity index is 344. The van der Waals surface area contributed by atoms with Gasteiger partial charge in [0.15, 0.2) is 0 Å². The zero-order valence-corrected chi connectivity index (χ0v) is 11.2. The van der Waals surface area contributed by atoms with Crippen molar-refractivity contribution in [2.75, 3.05) is 0 Å². The molecule has 1 radical (unpaired) electrons. The predicted octanol–water partition coefficient (Wildman–Crippen LogP) is 5.40. The number of hydrogen-bond donors (Lipinski definition) is 0. The molecule has 1 heterocycles. The van der Waals surface area contributed by atoms with Crippen LogP contribution in [-0.4, -0.2) is 0 Å². The molecule has 0 aromatic rings. The van der Waals surface area contributed by atoms with Crippen LogP contribution in [0.5, 0.6) is 0 Å². The highest BCUT2D eigenvalue weighted by Gasteiger charge is 2.25. The Morgan fingerprint density at radius 2 is 1.75 bits per heavy atom. The summed E-state index contributed by atoms with van der Waals surface area (Å²) in [6.07, 6.45) is 12.4. The summed E-state index contributed by atoms with van der Waals surface area (Å²) >= 11 is 1.96. The van der Waals surface area contributed by atoms with Crippen LogP contribution in [0.1, 0.15) is 52.4 Å². The summed E-state index contributed by atoms with van der Waals surface area (Å²) in [5.41, 5.74) is 4.65. The van der Waals surface area contributed by atoms with E-state index in [1.807, 2.05) is 11.8 Å². The second-order valence-corrected chi connectivity index (χ2v) is 5.52. The largest absolute Gasteiger partial charge is 0.120 e. The van der Waals surface area contributed by atoms with Gasteiger partial charge >= 0.3 is 0 Å². The highest BCUT2D eigenvalue weighted by Crippen LogP contribution is 2.48. The highest BCUT2D eigenvalue weighted by atomic mass is 32.2. The van der Waals surface area contributed by atoms with E-state index in [4.69, 9.17) is 0 Å². The fourth-order valence-electron chi connectivity index (χ4n) is 2.27. The zero-order valence-electron chi connectivity index (χ0n) is 10.4. The number of hydrogen-bond acceptors (Lipinski definition) is 1. The lowest BCUT2D eigenvalue weighted by molar-refractivity contribution is 0.786. The third-order valence-corrected chi connectivity index (χ3v) is 4.30. The summed E-state index contributed by atoms with van der Waals surface area (Å²) in [5.74, 6) is 2.33. The van der Waals surface area contributed by atoms with E-state index < -0.39 is 0 Å². The standard InChI is InChI=1S/C15H21S/c1-3-5-7-12-9-10-13-11-16-14(15(12)13)8-6-4-2/h9-11H,3-8H2,1-2H3. The van der Waals surface area contributed by atoms with Crippen molar-refractivity contribution in [2.24, 2.45) is 0 Å². The van der Waals surface area contributed by atoms with E-state index in [1.165, 1.54) is 44.1 Å². The lowest BCUT2D eigenvalue weighted by atomic mass is 9.98. The lowest BCUT2D eigenvalue weighted by Crippen LogP contribution is -1.89. The van der Waals surface area contributed by atoms with Gasteiger partial charge in [-0.1, -0.05) is 38.8 Å². The van der Waals surface area contributed by atoms with Gasteiger partial charge in [0.05, 0.1) is 5.75 Å². The molecule has 2 rings (SSSR count). The van der Waals surface area contributed by atoms with Gasteiger partial charge in [-0.05, 0) is 47.3 Å². The molecule has 0 spiro atoms. The molecule has 1 aliphatic carbocycles. The van der Waals surface area contributed by atoms with Gasteiger partial charge in [-0.15, -0.1) is 11.8 Å². The monoisotopic (exact) mass is 233 g/mol. The van der Waals surface area contributed by atoms with Crippen molar-refractivity contribution in [2.45, 2.75) is 52.4 Å². The minimum atomic E-state index is 1.26. The summed E-state index contributed by atoms with van der Waals surface area (Å²) < 4.78 is 0. The van der Waals surface area contributed by atoms with E-state index in [0.717, 1.165) is 0 Å². The number of thioether (sulfide) groups is 1. The predicted molar refractivity (Wildman–Crippen MR) is 74.1 cm³/mol. The Morgan fingerprint density at radius 1 is 1.00 bits per heavy atom. The smallest absolute Gasteiger partial charge is 0.0511 e. The molecule has 1 heteroatoms. The number of allylic oxidation sites excluding steroid dienone is 5. The molecule has 0 N–H and O–H groups in total. The molecule has 0 unspecified atom stereocenters. The zero-order chi connectivity index (χ0) is 11.4. The van der Waals surface area contributed by atoms with Gasteiger partial charge in [-0.2, -0.15) is 0 Å². The Balaban J connectivity index is 2.07. The molecule has 1 aliphatic heterocycles. The van der Waals surface area contributed by atoms with Gasteiger partial charge < -0.3 is 0 Å². The molecule has 87 valence electrons. The summed E-state index contributed by atoms with van der Waals surface area (Å²) in [5, 5.41) is 0. The third kappa shape index (κ3) is 2.45. The quantitative estimate of drug-likeness (QED) is 0.592. The molecule has 0 amide bonds. The van der Waals surface area contributed by atoms with Crippen LogP contribution in [0, 0.1) is 5.75 Å². The molecule has 0 saturated carbocycles. The maximum atomic E-state index is 2.34. The summed E-state index contributed by atoms with van der Waals surface area (Å²) in [6, 6.07) is 0. The van der Waals surface area contributed by atoms with Crippen molar-refractivity contribution in [1.82, 2.24) is 0 Å². The minimum Gasteiger partial charge on any atom is -0.120 e. The van der Waals surface area contributed by atoms with E-state index in [2.05, 4.69) is 31.8 Å². The molecule has 0 fully saturated rings. The van der Waals surface area contributed by atoms with E-state index in [-0.39, 0.29) is 0 Å². The van der Waals surface area contributed by atoms with Crippen molar-refractivity contribution in [1.29, 1.82) is 0 Å². The molecule has 0 aromatic carbocycles. The Morgan fingerprint density at radius 3 is 2.50 bits per heavy atom. The van der Waals surface area contributed by atoms with Gasteiger partial charge in [0.1, 0.15) is 0 Å². The maximum absolute atomic E-state index is 2.34. The first kappa shape index (κ1) is 12.0. The fourth-order valence-corrected chi connectivity index (χ4v) is 3.37. The molecular weight excluding hydrogens is 212 g/mol. The van der Waals surface area contributed by atoms with Gasteiger partial charge in [-0.3, -0.25) is 0 Å². The van der Waals surface area contributed by atoms with E-state index in [1.54, 1.807) is 16.1 Å². The lowest BCUT2D eigenvalue weighted by Gasteiger charge is -2.08. The Labute approximate surface area is 104 Å². The van der Waals surface area contributed by atoms with Crippen molar-refractivity contribution >= 4 is 11.8 Å².